The lowest BCUT2D eigenvalue weighted by molar-refractivity contribution is 0.393. The maximum Gasteiger partial charge on any atom is 0.347 e. The van der Waals surface area contributed by atoms with Gasteiger partial charge in [0, 0.05) is 24.5 Å². The summed E-state index contributed by atoms with van der Waals surface area (Å²) < 4.78 is 6.99. The molecule has 1 atom stereocenters. The summed E-state index contributed by atoms with van der Waals surface area (Å²) in [7, 11) is 3.51. The zero-order chi connectivity index (χ0) is 14.5. The Balaban J connectivity index is 2.33. The van der Waals surface area contributed by atoms with Gasteiger partial charge in [0.05, 0.1) is 13.2 Å². The van der Waals surface area contributed by atoms with E-state index in [1.165, 1.54) is 0 Å². The average Bonchev–Trinajstić information content (AvgIpc) is 2.48. The molecule has 0 amide bonds. The van der Waals surface area contributed by atoms with Gasteiger partial charge in [-0.2, -0.15) is 0 Å². The molecule has 0 aliphatic carbocycles. The molecule has 0 saturated carbocycles. The molecule has 2 rings (SSSR count). The van der Waals surface area contributed by atoms with Crippen molar-refractivity contribution in [1.29, 1.82) is 0 Å². The van der Waals surface area contributed by atoms with E-state index >= 15 is 0 Å². The Morgan fingerprint density at radius 1 is 1.40 bits per heavy atom. The molecule has 1 aromatic heterocycles. The zero-order valence-corrected chi connectivity index (χ0v) is 12.0. The minimum atomic E-state index is -0.245. The van der Waals surface area contributed by atoms with Crippen molar-refractivity contribution in [1.82, 2.24) is 14.9 Å². The molecule has 1 unspecified atom stereocenters. The van der Waals surface area contributed by atoms with Crippen LogP contribution in [0.3, 0.4) is 0 Å². The number of hydrogen-bond acceptors (Lipinski definition) is 4. The van der Waals surface area contributed by atoms with E-state index in [2.05, 4.69) is 10.3 Å². The Hall–Kier alpha value is -2.14. The minimum Gasteiger partial charge on any atom is -0.496 e. The van der Waals surface area contributed by atoms with Gasteiger partial charge in [0.1, 0.15) is 5.75 Å². The maximum atomic E-state index is 11.8. The fraction of sp³-hybridized carbons (Fsp3) is 0.333. The SMILES string of the molecule is CNC(Cn1cc(C)cnc1=O)c1ccccc1OC. The van der Waals surface area contributed by atoms with Crippen LogP contribution in [0.4, 0.5) is 0 Å². The Morgan fingerprint density at radius 2 is 2.15 bits per heavy atom. The summed E-state index contributed by atoms with van der Waals surface area (Å²) in [6, 6.07) is 7.77. The predicted octanol–water partition coefficient (Wildman–Crippen LogP) is 1.52. The number of aromatic nitrogens is 2. The van der Waals surface area contributed by atoms with Crippen LogP contribution < -0.4 is 15.7 Å². The van der Waals surface area contributed by atoms with Crippen LogP contribution in [0.5, 0.6) is 5.75 Å². The summed E-state index contributed by atoms with van der Waals surface area (Å²) in [5.41, 5.74) is 1.73. The molecule has 1 N–H and O–H groups in total. The predicted molar refractivity (Wildman–Crippen MR) is 78.0 cm³/mol. The van der Waals surface area contributed by atoms with Crippen LogP contribution in [0.1, 0.15) is 17.2 Å². The lowest BCUT2D eigenvalue weighted by atomic mass is 10.1. The maximum absolute atomic E-state index is 11.8. The second-order valence-electron chi connectivity index (χ2n) is 4.65. The van der Waals surface area contributed by atoms with E-state index in [1.54, 1.807) is 17.9 Å². The van der Waals surface area contributed by atoms with Crippen LogP contribution in [0.15, 0.2) is 41.5 Å². The first kappa shape index (κ1) is 14.3. The van der Waals surface area contributed by atoms with Gasteiger partial charge in [-0.1, -0.05) is 18.2 Å². The number of hydrogen-bond donors (Lipinski definition) is 1. The number of para-hydroxylation sites is 1. The molecule has 5 heteroatoms. The van der Waals surface area contributed by atoms with Crippen LogP contribution in [0.25, 0.3) is 0 Å². The van der Waals surface area contributed by atoms with Gasteiger partial charge in [0.25, 0.3) is 0 Å². The van der Waals surface area contributed by atoms with Crippen molar-refractivity contribution in [2.24, 2.45) is 0 Å². The topological polar surface area (TPSA) is 56.2 Å². The number of nitrogens with zero attached hydrogens (tertiary/aromatic N) is 2. The van der Waals surface area contributed by atoms with E-state index in [0.717, 1.165) is 16.9 Å². The largest absolute Gasteiger partial charge is 0.496 e. The van der Waals surface area contributed by atoms with Crippen molar-refractivity contribution in [3.63, 3.8) is 0 Å². The Labute approximate surface area is 118 Å². The van der Waals surface area contributed by atoms with Crippen molar-refractivity contribution < 1.29 is 4.74 Å². The van der Waals surface area contributed by atoms with Crippen LogP contribution >= 0.6 is 0 Å². The highest BCUT2D eigenvalue weighted by Gasteiger charge is 2.15. The van der Waals surface area contributed by atoms with Gasteiger partial charge >= 0.3 is 5.69 Å². The lowest BCUT2D eigenvalue weighted by Gasteiger charge is -2.20. The molecule has 5 nitrogen and oxygen atoms in total. The second-order valence-corrected chi connectivity index (χ2v) is 4.65. The van der Waals surface area contributed by atoms with E-state index in [9.17, 15) is 4.79 Å². The lowest BCUT2D eigenvalue weighted by Crippen LogP contribution is -2.30. The number of aryl methyl sites for hydroxylation is 1. The number of likely N-dealkylation sites (N-methyl/N-ethyl adjacent to an activating group) is 1. The molecule has 0 aliphatic rings. The first-order chi connectivity index (χ1) is 9.65. The van der Waals surface area contributed by atoms with Crippen molar-refractivity contribution in [2.75, 3.05) is 14.2 Å². The normalized spacial score (nSPS) is 12.2. The highest BCUT2D eigenvalue weighted by atomic mass is 16.5. The molecule has 0 fully saturated rings. The van der Waals surface area contributed by atoms with E-state index in [-0.39, 0.29) is 11.7 Å². The molecule has 0 bridgehead atoms. The molecular formula is C15H19N3O2. The third kappa shape index (κ3) is 3.05. The van der Waals surface area contributed by atoms with Crippen molar-refractivity contribution in [2.45, 2.75) is 19.5 Å². The molecule has 0 spiro atoms. The first-order valence-corrected chi connectivity index (χ1v) is 6.49. The summed E-state index contributed by atoms with van der Waals surface area (Å²) >= 11 is 0. The standard InChI is InChI=1S/C15H19N3O2/c1-11-8-17-15(19)18(9-11)10-13(16-2)12-6-4-5-7-14(12)20-3/h4-9,13,16H,10H2,1-3H3. The van der Waals surface area contributed by atoms with Gasteiger partial charge in [-0.3, -0.25) is 4.57 Å². The third-order valence-corrected chi connectivity index (χ3v) is 3.23. The van der Waals surface area contributed by atoms with E-state index in [4.69, 9.17) is 4.74 Å². The quantitative estimate of drug-likeness (QED) is 0.897. The molecule has 0 aliphatic heterocycles. The van der Waals surface area contributed by atoms with Crippen LogP contribution in [0.2, 0.25) is 0 Å². The fourth-order valence-electron chi connectivity index (χ4n) is 2.19. The highest BCUT2D eigenvalue weighted by molar-refractivity contribution is 5.35. The number of ether oxygens (including phenoxy) is 1. The van der Waals surface area contributed by atoms with Gasteiger partial charge < -0.3 is 10.1 Å². The number of nitrogens with one attached hydrogen (secondary N) is 1. The van der Waals surface area contributed by atoms with Crippen LogP contribution in [-0.2, 0) is 6.54 Å². The van der Waals surface area contributed by atoms with Gasteiger partial charge in [-0.05, 0) is 25.6 Å². The molecular weight excluding hydrogens is 254 g/mol. The molecule has 20 heavy (non-hydrogen) atoms. The smallest absolute Gasteiger partial charge is 0.347 e. The summed E-state index contributed by atoms with van der Waals surface area (Å²) in [5, 5.41) is 3.22. The number of methoxy groups -OCH3 is 1. The van der Waals surface area contributed by atoms with Crippen LogP contribution in [-0.4, -0.2) is 23.7 Å². The molecule has 0 radical (unpaired) electrons. The Morgan fingerprint density at radius 3 is 2.85 bits per heavy atom. The van der Waals surface area contributed by atoms with Crippen molar-refractivity contribution in [3.05, 3.63) is 58.3 Å². The minimum absolute atomic E-state index is 0.0209. The summed E-state index contributed by atoms with van der Waals surface area (Å²) in [5.74, 6) is 0.806. The van der Waals surface area contributed by atoms with E-state index in [1.807, 2.05) is 44.4 Å². The monoisotopic (exact) mass is 273 g/mol. The van der Waals surface area contributed by atoms with Gasteiger partial charge in [-0.25, -0.2) is 9.78 Å². The first-order valence-electron chi connectivity index (χ1n) is 6.49. The number of rotatable bonds is 5. The van der Waals surface area contributed by atoms with Crippen molar-refractivity contribution >= 4 is 0 Å². The Bertz CT molecular complexity index is 637. The third-order valence-electron chi connectivity index (χ3n) is 3.23. The molecule has 0 saturated heterocycles. The van der Waals surface area contributed by atoms with Gasteiger partial charge in [-0.15, -0.1) is 0 Å². The fourth-order valence-corrected chi connectivity index (χ4v) is 2.19. The molecule has 1 aromatic carbocycles. The average molecular weight is 273 g/mol. The van der Waals surface area contributed by atoms with Gasteiger partial charge in [0.15, 0.2) is 0 Å². The van der Waals surface area contributed by atoms with E-state index < -0.39 is 0 Å². The van der Waals surface area contributed by atoms with Gasteiger partial charge in [0.2, 0.25) is 0 Å². The summed E-state index contributed by atoms with van der Waals surface area (Å²) in [6.07, 6.45) is 3.39. The second kappa shape index (κ2) is 6.34. The molecule has 1 heterocycles. The van der Waals surface area contributed by atoms with Crippen LogP contribution in [0, 0.1) is 6.92 Å². The number of benzene rings is 1. The Kier molecular flexibility index (Phi) is 4.53. The molecule has 2 aromatic rings. The van der Waals surface area contributed by atoms with E-state index in [0.29, 0.717) is 6.54 Å². The highest BCUT2D eigenvalue weighted by Crippen LogP contribution is 2.25. The zero-order valence-electron chi connectivity index (χ0n) is 12.0. The summed E-state index contributed by atoms with van der Waals surface area (Å²) in [6.45, 7) is 2.42. The molecule has 106 valence electrons. The summed E-state index contributed by atoms with van der Waals surface area (Å²) in [4.78, 5) is 15.7. The van der Waals surface area contributed by atoms with Crippen molar-refractivity contribution in [3.8, 4) is 5.75 Å².